The highest BCUT2D eigenvalue weighted by Gasteiger charge is 2.39. The van der Waals surface area contributed by atoms with Gasteiger partial charge in [-0.05, 0) is 58.4 Å². The Kier molecular flexibility index (Phi) is 6.84. The van der Waals surface area contributed by atoms with Gasteiger partial charge in [-0.15, -0.1) is 0 Å². The monoisotopic (exact) mass is 323 g/mol. The summed E-state index contributed by atoms with van der Waals surface area (Å²) in [5.74, 6) is 0.733. The van der Waals surface area contributed by atoms with E-state index in [0.717, 1.165) is 12.8 Å². The molecule has 1 rings (SSSR count). The predicted octanol–water partition coefficient (Wildman–Crippen LogP) is 4.58. The molecule has 0 saturated carbocycles. The Morgan fingerprint density at radius 3 is 2.35 bits per heavy atom. The molecule has 0 bridgehead atoms. The predicted molar refractivity (Wildman–Crippen MR) is 93.3 cm³/mol. The van der Waals surface area contributed by atoms with Gasteiger partial charge >= 0.3 is 6.09 Å². The minimum absolute atomic E-state index is 0.0817. The van der Waals surface area contributed by atoms with Crippen LogP contribution < -0.4 is 0 Å². The van der Waals surface area contributed by atoms with E-state index >= 15 is 0 Å². The van der Waals surface area contributed by atoms with Crippen LogP contribution in [0.25, 0.3) is 0 Å². The fourth-order valence-electron chi connectivity index (χ4n) is 2.94. The molecule has 0 aromatic carbocycles. The Bertz CT molecular complexity index is 448. The summed E-state index contributed by atoms with van der Waals surface area (Å²) < 4.78 is 5.56. The maximum atomic E-state index is 12.6. The zero-order valence-corrected chi connectivity index (χ0v) is 15.8. The van der Waals surface area contributed by atoms with Gasteiger partial charge in [-0.1, -0.05) is 26.8 Å². The highest BCUT2D eigenvalue weighted by molar-refractivity contribution is 5.90. The summed E-state index contributed by atoms with van der Waals surface area (Å²) in [5.41, 5.74) is -0.524. The van der Waals surface area contributed by atoms with Gasteiger partial charge in [-0.3, -0.25) is 4.79 Å². The van der Waals surface area contributed by atoms with Crippen LogP contribution in [0.2, 0.25) is 0 Å². The third kappa shape index (κ3) is 6.36. The first-order valence-corrected chi connectivity index (χ1v) is 8.73. The quantitative estimate of drug-likeness (QED) is 0.711. The van der Waals surface area contributed by atoms with Gasteiger partial charge in [-0.25, -0.2) is 4.79 Å². The van der Waals surface area contributed by atoms with Crippen molar-refractivity contribution in [3.8, 4) is 0 Å². The second-order valence-electron chi connectivity index (χ2n) is 8.13. The normalized spacial score (nSPS) is 25.9. The molecule has 4 heteroatoms. The number of carbonyl (C=O) groups excluding carboxylic acids is 2. The van der Waals surface area contributed by atoms with E-state index in [1.165, 1.54) is 0 Å². The smallest absolute Gasteiger partial charge is 0.410 e. The second kappa shape index (κ2) is 7.98. The number of carbonyl (C=O) groups is 2. The zero-order valence-electron chi connectivity index (χ0n) is 15.8. The van der Waals surface area contributed by atoms with Gasteiger partial charge in [0.15, 0.2) is 5.78 Å². The SMILES string of the molecule is CC(C)/C=C/C(=O)C[C@H]1[C@H](C)CC[C@@H](C)N1C(=O)OC(C)(C)C. The van der Waals surface area contributed by atoms with Crippen molar-refractivity contribution in [1.82, 2.24) is 4.90 Å². The molecule has 1 heterocycles. The van der Waals surface area contributed by atoms with Crippen LogP contribution >= 0.6 is 0 Å². The summed E-state index contributed by atoms with van der Waals surface area (Å²) in [5, 5.41) is 0. The highest BCUT2D eigenvalue weighted by atomic mass is 16.6. The van der Waals surface area contributed by atoms with Gasteiger partial charge in [0.05, 0.1) is 0 Å². The Labute approximate surface area is 141 Å². The molecule has 1 fully saturated rings. The molecule has 132 valence electrons. The summed E-state index contributed by atoms with van der Waals surface area (Å²) in [6, 6.07) is 0.0193. The van der Waals surface area contributed by atoms with E-state index in [1.807, 2.05) is 47.6 Å². The van der Waals surface area contributed by atoms with Crippen LogP contribution in [0.4, 0.5) is 4.79 Å². The van der Waals surface area contributed by atoms with Gasteiger partial charge in [0.2, 0.25) is 0 Å². The summed E-state index contributed by atoms with van der Waals surface area (Å²) >= 11 is 0. The first kappa shape index (κ1) is 19.7. The fourth-order valence-corrected chi connectivity index (χ4v) is 2.94. The van der Waals surface area contributed by atoms with Gasteiger partial charge in [-0.2, -0.15) is 0 Å². The second-order valence-corrected chi connectivity index (χ2v) is 8.13. The summed E-state index contributed by atoms with van der Waals surface area (Å²) in [4.78, 5) is 26.7. The lowest BCUT2D eigenvalue weighted by Gasteiger charge is -2.44. The van der Waals surface area contributed by atoms with E-state index < -0.39 is 5.60 Å². The van der Waals surface area contributed by atoms with E-state index in [4.69, 9.17) is 4.74 Å². The van der Waals surface area contributed by atoms with Gasteiger partial charge < -0.3 is 9.64 Å². The number of rotatable bonds is 4. The first-order valence-electron chi connectivity index (χ1n) is 8.73. The molecule has 0 aliphatic carbocycles. The van der Waals surface area contributed by atoms with Crippen LogP contribution in [-0.4, -0.2) is 34.5 Å². The molecule has 1 saturated heterocycles. The van der Waals surface area contributed by atoms with E-state index in [-0.39, 0.29) is 24.0 Å². The van der Waals surface area contributed by atoms with Crippen molar-refractivity contribution in [2.45, 2.75) is 85.4 Å². The number of piperidine rings is 1. The molecule has 0 unspecified atom stereocenters. The van der Waals surface area contributed by atoms with Crippen molar-refractivity contribution in [3.63, 3.8) is 0 Å². The molecule has 23 heavy (non-hydrogen) atoms. The number of amides is 1. The fraction of sp³-hybridized carbons (Fsp3) is 0.789. The van der Waals surface area contributed by atoms with E-state index in [2.05, 4.69) is 6.92 Å². The lowest BCUT2D eigenvalue weighted by atomic mass is 9.84. The molecule has 1 aliphatic heterocycles. The topological polar surface area (TPSA) is 46.6 Å². The van der Waals surface area contributed by atoms with Crippen molar-refractivity contribution in [1.29, 1.82) is 0 Å². The summed E-state index contributed by atoms with van der Waals surface area (Å²) in [6.07, 6.45) is 5.62. The minimum Gasteiger partial charge on any atom is -0.444 e. The number of likely N-dealkylation sites (tertiary alicyclic amines) is 1. The molecular formula is C19H33NO3. The average Bonchev–Trinajstić information content (AvgIpc) is 2.38. The van der Waals surface area contributed by atoms with Crippen LogP contribution in [0.15, 0.2) is 12.2 Å². The largest absolute Gasteiger partial charge is 0.444 e. The number of hydrogen-bond acceptors (Lipinski definition) is 3. The number of nitrogens with zero attached hydrogens (tertiary/aromatic N) is 1. The van der Waals surface area contributed by atoms with Gasteiger partial charge in [0.1, 0.15) is 5.60 Å². The van der Waals surface area contributed by atoms with Crippen molar-refractivity contribution in [2.24, 2.45) is 11.8 Å². The summed E-state index contributed by atoms with van der Waals surface area (Å²) in [6.45, 7) is 13.9. The van der Waals surface area contributed by atoms with Crippen molar-refractivity contribution >= 4 is 11.9 Å². The third-order valence-corrected chi connectivity index (χ3v) is 4.21. The molecule has 0 radical (unpaired) electrons. The summed E-state index contributed by atoms with van der Waals surface area (Å²) in [7, 11) is 0. The van der Waals surface area contributed by atoms with Crippen LogP contribution in [0.1, 0.15) is 67.7 Å². The van der Waals surface area contributed by atoms with Crippen molar-refractivity contribution < 1.29 is 14.3 Å². The molecule has 1 aliphatic rings. The number of allylic oxidation sites excluding steroid dienone is 2. The molecule has 0 aromatic heterocycles. The van der Waals surface area contributed by atoms with E-state index in [1.54, 1.807) is 11.0 Å². The molecule has 0 N–H and O–H groups in total. The minimum atomic E-state index is -0.524. The third-order valence-electron chi connectivity index (χ3n) is 4.21. The number of hydrogen-bond donors (Lipinski definition) is 0. The standard InChI is InChI=1S/C19H33NO3/c1-13(2)8-11-16(21)12-17-14(3)9-10-15(4)20(17)18(22)23-19(5,6)7/h8,11,13-15,17H,9-10,12H2,1-7H3/b11-8+/t14-,15-,17+/m1/s1. The van der Waals surface area contributed by atoms with Crippen molar-refractivity contribution in [2.75, 3.05) is 0 Å². The molecule has 0 aromatic rings. The van der Waals surface area contributed by atoms with E-state index in [9.17, 15) is 9.59 Å². The highest BCUT2D eigenvalue weighted by Crippen LogP contribution is 2.31. The maximum Gasteiger partial charge on any atom is 0.410 e. The lowest BCUT2D eigenvalue weighted by Crippen LogP contribution is -2.54. The Hall–Kier alpha value is -1.32. The van der Waals surface area contributed by atoms with Gasteiger partial charge in [0.25, 0.3) is 0 Å². The Balaban J connectivity index is 2.89. The molecule has 1 amide bonds. The zero-order chi connectivity index (χ0) is 17.8. The number of ketones is 1. The van der Waals surface area contributed by atoms with Crippen LogP contribution in [-0.2, 0) is 9.53 Å². The van der Waals surface area contributed by atoms with Crippen LogP contribution in [0.5, 0.6) is 0 Å². The molecular weight excluding hydrogens is 290 g/mol. The first-order chi connectivity index (χ1) is 10.5. The Morgan fingerprint density at radius 2 is 1.83 bits per heavy atom. The molecule has 3 atom stereocenters. The van der Waals surface area contributed by atoms with Gasteiger partial charge in [0, 0.05) is 18.5 Å². The van der Waals surface area contributed by atoms with Crippen LogP contribution in [0.3, 0.4) is 0 Å². The van der Waals surface area contributed by atoms with Crippen LogP contribution in [0, 0.1) is 11.8 Å². The lowest BCUT2D eigenvalue weighted by molar-refractivity contribution is -0.116. The average molecular weight is 323 g/mol. The maximum absolute atomic E-state index is 12.6. The molecule has 4 nitrogen and oxygen atoms in total. The Morgan fingerprint density at radius 1 is 1.22 bits per heavy atom. The van der Waals surface area contributed by atoms with E-state index in [0.29, 0.717) is 18.3 Å². The van der Waals surface area contributed by atoms with Crippen molar-refractivity contribution in [3.05, 3.63) is 12.2 Å². The molecule has 0 spiro atoms. The number of ether oxygens (including phenoxy) is 1.